The maximum atomic E-state index is 5.34. The smallest absolute Gasteiger partial charge is 0.0905 e. The van der Waals surface area contributed by atoms with Gasteiger partial charge < -0.3 is 0 Å². The summed E-state index contributed by atoms with van der Waals surface area (Å²) >= 11 is 0. The van der Waals surface area contributed by atoms with Gasteiger partial charge in [-0.05, 0) is 73.6 Å². The first-order valence-corrected chi connectivity index (χ1v) is 11.2. The predicted molar refractivity (Wildman–Crippen MR) is 127 cm³/mol. The number of hydrogen-bond donors (Lipinski definition) is 0. The van der Waals surface area contributed by atoms with Crippen molar-refractivity contribution in [1.82, 2.24) is 9.97 Å². The Hall–Kier alpha value is -4.04. The lowest BCUT2D eigenvalue weighted by atomic mass is 9.66. The zero-order valence-corrected chi connectivity index (χ0v) is 17.1. The van der Waals surface area contributed by atoms with Crippen LogP contribution in [0.1, 0.15) is 45.1 Å². The molecule has 1 aromatic heterocycles. The van der Waals surface area contributed by atoms with Gasteiger partial charge in [0.2, 0.25) is 0 Å². The Balaban J connectivity index is 1.40. The Morgan fingerprint density at radius 2 is 1.22 bits per heavy atom. The number of benzene rings is 5. The summed E-state index contributed by atoms with van der Waals surface area (Å²) in [5.74, 6) is 0.185. The molecule has 1 heterocycles. The minimum absolute atomic E-state index is 0.182. The fourth-order valence-corrected chi connectivity index (χ4v) is 6.64. The van der Waals surface area contributed by atoms with Crippen LogP contribution >= 0.6 is 0 Å². The van der Waals surface area contributed by atoms with Gasteiger partial charge in [-0.25, -0.2) is 9.97 Å². The molecule has 0 aliphatic heterocycles. The molecule has 5 aromatic carbocycles. The number of hydrogen-bond acceptors (Lipinski definition) is 2. The van der Waals surface area contributed by atoms with E-state index in [1.165, 1.54) is 49.4 Å². The van der Waals surface area contributed by atoms with Crippen LogP contribution in [0.15, 0.2) is 91.0 Å². The summed E-state index contributed by atoms with van der Waals surface area (Å²) in [6.45, 7) is 0. The summed E-state index contributed by atoms with van der Waals surface area (Å²) < 4.78 is 0. The molecule has 0 radical (unpaired) electrons. The second-order valence-corrected chi connectivity index (χ2v) is 9.38. The van der Waals surface area contributed by atoms with Gasteiger partial charge in [0.25, 0.3) is 0 Å². The molecule has 2 unspecified atom stereocenters. The zero-order chi connectivity index (χ0) is 20.6. The molecule has 0 saturated heterocycles. The molecule has 32 heavy (non-hydrogen) atoms. The highest BCUT2D eigenvalue weighted by Crippen LogP contribution is 2.70. The van der Waals surface area contributed by atoms with Gasteiger partial charge >= 0.3 is 0 Å². The molecule has 4 aliphatic rings. The summed E-state index contributed by atoms with van der Waals surface area (Å²) in [7, 11) is 0. The third-order valence-corrected chi connectivity index (χ3v) is 7.94. The number of aromatic nitrogens is 2. The van der Waals surface area contributed by atoms with E-state index in [0.29, 0.717) is 0 Å². The van der Waals surface area contributed by atoms with Crippen LogP contribution in [0.25, 0.3) is 32.6 Å². The van der Waals surface area contributed by atoms with E-state index in [1.54, 1.807) is 0 Å². The van der Waals surface area contributed by atoms with E-state index in [2.05, 4.69) is 91.0 Å². The normalized spacial score (nSPS) is 20.9. The molecule has 6 aromatic rings. The molecule has 0 amide bonds. The molecule has 146 valence electrons. The van der Waals surface area contributed by atoms with E-state index in [0.717, 1.165) is 22.4 Å². The molecule has 2 bridgehead atoms. The van der Waals surface area contributed by atoms with Gasteiger partial charge in [0.15, 0.2) is 0 Å². The second kappa shape index (κ2) is 4.89. The van der Waals surface area contributed by atoms with Crippen molar-refractivity contribution in [3.8, 4) is 0 Å². The van der Waals surface area contributed by atoms with Crippen molar-refractivity contribution in [3.63, 3.8) is 0 Å². The van der Waals surface area contributed by atoms with Crippen molar-refractivity contribution in [1.29, 1.82) is 0 Å². The first-order chi connectivity index (χ1) is 15.8. The first kappa shape index (κ1) is 15.7. The Kier molecular flexibility index (Phi) is 2.40. The number of fused-ring (bicyclic) bond motifs is 3. The lowest BCUT2D eigenvalue weighted by molar-refractivity contribution is 0.695. The average molecular weight is 404 g/mol. The summed E-state index contributed by atoms with van der Waals surface area (Å²) in [6, 6.07) is 33.2. The van der Waals surface area contributed by atoms with Gasteiger partial charge in [-0.15, -0.1) is 0 Å². The van der Waals surface area contributed by atoms with Gasteiger partial charge in [-0.3, -0.25) is 0 Å². The van der Waals surface area contributed by atoms with Crippen molar-refractivity contribution < 1.29 is 0 Å². The van der Waals surface area contributed by atoms with Gasteiger partial charge in [0.1, 0.15) is 0 Å². The Bertz CT molecular complexity index is 1850. The standard InChI is InChI=1S/C30H16N2/c1-2-7-17-13-19-15-25-24(14-18(19)12-16(17)6-1)31-28-26-20-8-3-4-10-22(20)30(29(28)32-25)23-11-5-9-21(26)27(23)30/h1-15,26H. The Morgan fingerprint density at radius 1 is 0.562 bits per heavy atom. The third kappa shape index (κ3) is 1.56. The molecule has 1 spiro atoms. The molecule has 2 atom stereocenters. The quantitative estimate of drug-likeness (QED) is 0.272. The minimum Gasteiger partial charge on any atom is -0.248 e. The highest BCUT2D eigenvalue weighted by atomic mass is 14.9. The van der Waals surface area contributed by atoms with Gasteiger partial charge in [-0.1, -0.05) is 66.7 Å². The summed E-state index contributed by atoms with van der Waals surface area (Å²) in [5.41, 5.74) is 11.2. The van der Waals surface area contributed by atoms with Gasteiger partial charge in [0.05, 0.1) is 33.8 Å². The topological polar surface area (TPSA) is 25.8 Å². The monoisotopic (exact) mass is 404 g/mol. The maximum Gasteiger partial charge on any atom is 0.0905 e. The van der Waals surface area contributed by atoms with Crippen LogP contribution in [-0.4, -0.2) is 9.97 Å². The fourth-order valence-electron chi connectivity index (χ4n) is 6.64. The van der Waals surface area contributed by atoms with Crippen LogP contribution in [-0.2, 0) is 5.41 Å². The van der Waals surface area contributed by atoms with Crippen LogP contribution in [0.5, 0.6) is 0 Å². The lowest BCUT2D eigenvalue weighted by Gasteiger charge is -2.38. The van der Waals surface area contributed by atoms with E-state index in [1.807, 2.05) is 0 Å². The van der Waals surface area contributed by atoms with Crippen LogP contribution in [0.4, 0.5) is 0 Å². The van der Waals surface area contributed by atoms with Crippen molar-refractivity contribution in [2.45, 2.75) is 11.3 Å². The van der Waals surface area contributed by atoms with E-state index in [4.69, 9.17) is 9.97 Å². The molecular weight excluding hydrogens is 388 g/mol. The lowest BCUT2D eigenvalue weighted by Crippen LogP contribution is -2.32. The third-order valence-electron chi connectivity index (χ3n) is 7.94. The highest BCUT2D eigenvalue weighted by Gasteiger charge is 2.65. The molecule has 4 aliphatic carbocycles. The highest BCUT2D eigenvalue weighted by molar-refractivity contribution is 6.03. The zero-order valence-electron chi connectivity index (χ0n) is 17.1. The number of nitrogens with zero attached hydrogens (tertiary/aromatic N) is 2. The maximum absolute atomic E-state index is 5.34. The SMILES string of the molecule is c1ccc2c(c1)C1c3cccc4c3C24c2nc3cc4cc5ccccc5cc4cc3nc21. The van der Waals surface area contributed by atoms with Crippen molar-refractivity contribution in [2.75, 3.05) is 0 Å². The predicted octanol–water partition coefficient (Wildman–Crippen LogP) is 6.44. The molecule has 0 saturated carbocycles. The molecule has 0 N–H and O–H groups in total. The van der Waals surface area contributed by atoms with E-state index >= 15 is 0 Å². The van der Waals surface area contributed by atoms with Crippen LogP contribution in [0.2, 0.25) is 0 Å². The van der Waals surface area contributed by atoms with E-state index < -0.39 is 0 Å². The largest absolute Gasteiger partial charge is 0.248 e. The van der Waals surface area contributed by atoms with Crippen molar-refractivity contribution in [2.24, 2.45) is 0 Å². The van der Waals surface area contributed by atoms with Gasteiger partial charge in [-0.2, -0.15) is 0 Å². The Morgan fingerprint density at radius 3 is 2.03 bits per heavy atom. The average Bonchev–Trinajstić information content (AvgIpc) is 3.52. The number of rotatable bonds is 0. The summed E-state index contributed by atoms with van der Waals surface area (Å²) in [4.78, 5) is 10.6. The molecule has 0 fully saturated rings. The summed E-state index contributed by atoms with van der Waals surface area (Å²) in [5, 5.41) is 4.96. The van der Waals surface area contributed by atoms with Crippen molar-refractivity contribution in [3.05, 3.63) is 130 Å². The molecule has 10 rings (SSSR count). The van der Waals surface area contributed by atoms with E-state index in [9.17, 15) is 0 Å². The second-order valence-electron chi connectivity index (χ2n) is 9.38. The van der Waals surface area contributed by atoms with Crippen LogP contribution in [0, 0.1) is 0 Å². The molecule has 2 heteroatoms. The Labute approximate surface area is 184 Å². The summed E-state index contributed by atoms with van der Waals surface area (Å²) in [6.07, 6.45) is 0. The minimum atomic E-state index is -0.182. The van der Waals surface area contributed by atoms with E-state index in [-0.39, 0.29) is 11.3 Å². The fraction of sp³-hybridized carbons (Fsp3) is 0.0667. The molecular formula is C30H16N2. The first-order valence-electron chi connectivity index (χ1n) is 11.2. The van der Waals surface area contributed by atoms with Crippen LogP contribution < -0.4 is 0 Å². The van der Waals surface area contributed by atoms with Crippen molar-refractivity contribution >= 4 is 32.6 Å². The van der Waals surface area contributed by atoms with Gasteiger partial charge in [0, 0.05) is 0 Å². The van der Waals surface area contributed by atoms with Crippen LogP contribution in [0.3, 0.4) is 0 Å². The molecule has 2 nitrogen and oxygen atoms in total.